The lowest BCUT2D eigenvalue weighted by Gasteiger charge is -2.15. The Labute approximate surface area is 100 Å². The second kappa shape index (κ2) is 5.27. The highest BCUT2D eigenvalue weighted by Crippen LogP contribution is 2.20. The molecule has 1 aliphatic rings. The SMILES string of the molecule is NCC(Cc1ccccc1F)C(=O)NC1CC1. The molecule has 0 aromatic heterocycles. The molecule has 1 aromatic rings. The molecule has 1 fully saturated rings. The molecule has 92 valence electrons. The summed E-state index contributed by atoms with van der Waals surface area (Å²) in [4.78, 5) is 11.8. The van der Waals surface area contributed by atoms with E-state index in [0.717, 1.165) is 12.8 Å². The number of hydrogen-bond donors (Lipinski definition) is 2. The van der Waals surface area contributed by atoms with E-state index in [1.807, 2.05) is 0 Å². The van der Waals surface area contributed by atoms with Crippen molar-refractivity contribution in [3.63, 3.8) is 0 Å². The lowest BCUT2D eigenvalue weighted by Crippen LogP contribution is -2.37. The minimum absolute atomic E-state index is 0.0572. The van der Waals surface area contributed by atoms with Gasteiger partial charge in [-0.05, 0) is 30.9 Å². The zero-order valence-corrected chi connectivity index (χ0v) is 9.66. The standard InChI is InChI=1S/C13H17FN2O/c14-12-4-2-1-3-9(12)7-10(8-15)13(17)16-11-5-6-11/h1-4,10-11H,5-8,15H2,(H,16,17). The van der Waals surface area contributed by atoms with Crippen molar-refractivity contribution < 1.29 is 9.18 Å². The van der Waals surface area contributed by atoms with Gasteiger partial charge in [0.15, 0.2) is 0 Å². The van der Waals surface area contributed by atoms with Crippen LogP contribution in [0.2, 0.25) is 0 Å². The first kappa shape index (κ1) is 12.0. The Bertz CT molecular complexity index is 404. The lowest BCUT2D eigenvalue weighted by atomic mass is 9.98. The largest absolute Gasteiger partial charge is 0.353 e. The van der Waals surface area contributed by atoms with Crippen LogP contribution in [-0.2, 0) is 11.2 Å². The molecule has 3 nitrogen and oxygen atoms in total. The summed E-state index contributed by atoms with van der Waals surface area (Å²) in [7, 11) is 0. The lowest BCUT2D eigenvalue weighted by molar-refractivity contribution is -0.124. The Hall–Kier alpha value is -1.42. The highest BCUT2D eigenvalue weighted by Gasteiger charge is 2.27. The summed E-state index contributed by atoms with van der Waals surface area (Å²) in [5.74, 6) is -0.670. The predicted octanol–water partition coefficient (Wildman–Crippen LogP) is 1.22. The number of amides is 1. The van der Waals surface area contributed by atoms with E-state index in [4.69, 9.17) is 5.73 Å². The van der Waals surface area contributed by atoms with Gasteiger partial charge in [-0.25, -0.2) is 4.39 Å². The summed E-state index contributed by atoms with van der Waals surface area (Å²) in [5.41, 5.74) is 6.13. The van der Waals surface area contributed by atoms with Gasteiger partial charge in [-0.2, -0.15) is 0 Å². The molecule has 3 N–H and O–H groups in total. The van der Waals surface area contributed by atoms with Gasteiger partial charge >= 0.3 is 0 Å². The first-order chi connectivity index (χ1) is 8.20. The van der Waals surface area contributed by atoms with Crippen molar-refractivity contribution in [3.8, 4) is 0 Å². The van der Waals surface area contributed by atoms with Gasteiger partial charge in [0.1, 0.15) is 5.82 Å². The zero-order chi connectivity index (χ0) is 12.3. The molecule has 1 saturated carbocycles. The molecule has 4 heteroatoms. The molecule has 1 atom stereocenters. The van der Waals surface area contributed by atoms with Gasteiger partial charge in [0.2, 0.25) is 5.91 Å². The molecule has 17 heavy (non-hydrogen) atoms. The molecule has 0 aliphatic heterocycles. The normalized spacial score (nSPS) is 16.6. The summed E-state index contributed by atoms with van der Waals surface area (Å²) in [6.07, 6.45) is 2.45. The van der Waals surface area contributed by atoms with Crippen LogP contribution in [0.25, 0.3) is 0 Å². The number of hydrogen-bond acceptors (Lipinski definition) is 2. The maximum atomic E-state index is 13.5. The highest BCUT2D eigenvalue weighted by atomic mass is 19.1. The molecular weight excluding hydrogens is 219 g/mol. The van der Waals surface area contributed by atoms with Crippen LogP contribution in [0, 0.1) is 11.7 Å². The Kier molecular flexibility index (Phi) is 3.74. The van der Waals surface area contributed by atoms with E-state index in [9.17, 15) is 9.18 Å². The van der Waals surface area contributed by atoms with Crippen molar-refractivity contribution in [2.75, 3.05) is 6.54 Å². The summed E-state index contributed by atoms with van der Waals surface area (Å²) in [5, 5.41) is 2.90. The van der Waals surface area contributed by atoms with Crippen molar-refractivity contribution in [3.05, 3.63) is 35.6 Å². The Morgan fingerprint density at radius 3 is 2.76 bits per heavy atom. The summed E-state index contributed by atoms with van der Waals surface area (Å²) in [6.45, 7) is 0.243. The fraction of sp³-hybridized carbons (Fsp3) is 0.462. The zero-order valence-electron chi connectivity index (χ0n) is 9.66. The van der Waals surface area contributed by atoms with Crippen molar-refractivity contribution >= 4 is 5.91 Å². The predicted molar refractivity (Wildman–Crippen MR) is 63.8 cm³/mol. The van der Waals surface area contributed by atoms with Gasteiger partial charge < -0.3 is 11.1 Å². The Balaban J connectivity index is 1.98. The van der Waals surface area contributed by atoms with E-state index < -0.39 is 0 Å². The number of carbonyl (C=O) groups is 1. The fourth-order valence-corrected chi connectivity index (χ4v) is 1.76. The van der Waals surface area contributed by atoms with Crippen molar-refractivity contribution in [2.24, 2.45) is 11.7 Å². The first-order valence-electron chi connectivity index (χ1n) is 5.94. The van der Waals surface area contributed by atoms with E-state index in [-0.39, 0.29) is 24.2 Å². The van der Waals surface area contributed by atoms with Crippen molar-refractivity contribution in [1.82, 2.24) is 5.32 Å². The monoisotopic (exact) mass is 236 g/mol. The molecule has 1 aromatic carbocycles. The highest BCUT2D eigenvalue weighted by molar-refractivity contribution is 5.79. The molecular formula is C13H17FN2O. The second-order valence-corrected chi connectivity index (χ2v) is 4.51. The van der Waals surface area contributed by atoms with E-state index in [2.05, 4.69) is 5.32 Å². The minimum atomic E-state index is -0.340. The smallest absolute Gasteiger partial charge is 0.224 e. The van der Waals surface area contributed by atoms with Gasteiger partial charge in [0, 0.05) is 12.6 Å². The topological polar surface area (TPSA) is 55.1 Å². The van der Waals surface area contributed by atoms with Crippen LogP contribution in [0.4, 0.5) is 4.39 Å². The van der Waals surface area contributed by atoms with Crippen LogP contribution in [0.1, 0.15) is 18.4 Å². The molecule has 0 saturated heterocycles. The van der Waals surface area contributed by atoms with Crippen LogP contribution in [0.5, 0.6) is 0 Å². The third kappa shape index (κ3) is 3.27. The van der Waals surface area contributed by atoms with Crippen molar-refractivity contribution in [1.29, 1.82) is 0 Å². The Morgan fingerprint density at radius 1 is 1.47 bits per heavy atom. The molecule has 0 heterocycles. The van der Waals surface area contributed by atoms with Crippen LogP contribution in [0.3, 0.4) is 0 Å². The molecule has 0 spiro atoms. The van der Waals surface area contributed by atoms with E-state index >= 15 is 0 Å². The fourth-order valence-electron chi connectivity index (χ4n) is 1.76. The maximum Gasteiger partial charge on any atom is 0.224 e. The molecule has 1 amide bonds. The third-order valence-corrected chi connectivity index (χ3v) is 3.00. The van der Waals surface area contributed by atoms with E-state index in [0.29, 0.717) is 18.0 Å². The first-order valence-corrected chi connectivity index (χ1v) is 5.94. The minimum Gasteiger partial charge on any atom is -0.353 e. The number of carbonyl (C=O) groups excluding carboxylic acids is 1. The molecule has 2 rings (SSSR count). The number of benzene rings is 1. The average Bonchev–Trinajstić information content (AvgIpc) is 3.11. The van der Waals surface area contributed by atoms with Gasteiger partial charge in [0.05, 0.1) is 5.92 Å². The molecule has 0 bridgehead atoms. The average molecular weight is 236 g/mol. The number of halogens is 1. The number of nitrogens with one attached hydrogen (secondary N) is 1. The second-order valence-electron chi connectivity index (χ2n) is 4.51. The summed E-state index contributed by atoms with van der Waals surface area (Å²) < 4.78 is 13.5. The van der Waals surface area contributed by atoms with Crippen LogP contribution in [0.15, 0.2) is 24.3 Å². The van der Waals surface area contributed by atoms with Crippen LogP contribution in [-0.4, -0.2) is 18.5 Å². The van der Waals surface area contributed by atoms with Gasteiger partial charge in [0.25, 0.3) is 0 Å². The van der Waals surface area contributed by atoms with Gasteiger partial charge in [-0.15, -0.1) is 0 Å². The molecule has 1 aliphatic carbocycles. The maximum absolute atomic E-state index is 13.5. The third-order valence-electron chi connectivity index (χ3n) is 3.00. The summed E-state index contributed by atoms with van der Waals surface area (Å²) in [6, 6.07) is 6.83. The summed E-state index contributed by atoms with van der Waals surface area (Å²) >= 11 is 0. The number of rotatable bonds is 5. The number of nitrogens with two attached hydrogens (primary N) is 1. The quantitative estimate of drug-likeness (QED) is 0.807. The van der Waals surface area contributed by atoms with Crippen LogP contribution < -0.4 is 11.1 Å². The van der Waals surface area contributed by atoms with Gasteiger partial charge in [-0.1, -0.05) is 18.2 Å². The molecule has 1 unspecified atom stereocenters. The molecule has 0 radical (unpaired) electrons. The van der Waals surface area contributed by atoms with Crippen LogP contribution >= 0.6 is 0 Å². The Morgan fingerprint density at radius 2 is 2.18 bits per heavy atom. The van der Waals surface area contributed by atoms with E-state index in [1.165, 1.54) is 6.07 Å². The van der Waals surface area contributed by atoms with E-state index in [1.54, 1.807) is 18.2 Å². The van der Waals surface area contributed by atoms with Crippen molar-refractivity contribution in [2.45, 2.75) is 25.3 Å². The van der Waals surface area contributed by atoms with Gasteiger partial charge in [-0.3, -0.25) is 4.79 Å².